The number of carboxylic acids is 1. The van der Waals surface area contributed by atoms with E-state index in [-0.39, 0.29) is 0 Å². The van der Waals surface area contributed by atoms with Crippen LogP contribution in [0, 0.1) is 0 Å². The smallest absolute Gasteiger partial charge is 0.335 e. The predicted octanol–water partition coefficient (Wildman–Crippen LogP) is 5.90. The molecular formula is C24H20NO3S2+. The van der Waals surface area contributed by atoms with E-state index in [1.165, 1.54) is 10.4 Å². The van der Waals surface area contributed by atoms with Gasteiger partial charge in [0.25, 0.3) is 0 Å². The number of rotatable bonds is 7. The number of carboxylic acid groups (broad SMARTS) is 1. The Labute approximate surface area is 183 Å². The van der Waals surface area contributed by atoms with Gasteiger partial charge in [-0.1, -0.05) is 23.9 Å². The third-order valence-corrected chi connectivity index (χ3v) is 6.94. The summed E-state index contributed by atoms with van der Waals surface area (Å²) >= 11 is 3.46. The van der Waals surface area contributed by atoms with Crippen molar-refractivity contribution in [2.75, 3.05) is 7.11 Å². The van der Waals surface area contributed by atoms with E-state index >= 15 is 0 Å². The molecule has 0 bridgehead atoms. The van der Waals surface area contributed by atoms with E-state index in [4.69, 9.17) is 4.74 Å². The normalized spacial score (nSPS) is 10.7. The molecule has 2 heterocycles. The van der Waals surface area contributed by atoms with Crippen molar-refractivity contribution in [1.29, 1.82) is 0 Å². The fourth-order valence-corrected chi connectivity index (χ4v) is 5.21. The van der Waals surface area contributed by atoms with Crippen LogP contribution in [0.25, 0.3) is 20.9 Å². The van der Waals surface area contributed by atoms with Gasteiger partial charge >= 0.3 is 5.97 Å². The number of aromatic carboxylic acids is 1. The topological polar surface area (TPSA) is 60.7 Å². The van der Waals surface area contributed by atoms with Crippen LogP contribution < -0.4 is 9.72 Å². The third-order valence-electron chi connectivity index (χ3n) is 4.64. The van der Waals surface area contributed by atoms with E-state index in [1.807, 2.05) is 42.6 Å². The number of H-pyrrole nitrogens is 1. The SMILES string of the molecule is COc1ccc(-c2cc(CSc3cccc[nH+]3)c(-c3ccc(C(=O)O)cc3)s2)cc1. The highest BCUT2D eigenvalue weighted by molar-refractivity contribution is 7.98. The van der Waals surface area contributed by atoms with Crippen molar-refractivity contribution in [1.82, 2.24) is 0 Å². The molecule has 0 aliphatic rings. The number of aromatic amines is 1. The zero-order valence-corrected chi connectivity index (χ0v) is 17.9. The first kappa shape index (κ1) is 20.2. The highest BCUT2D eigenvalue weighted by atomic mass is 32.2. The van der Waals surface area contributed by atoms with Gasteiger partial charge in [0.15, 0.2) is 6.20 Å². The lowest BCUT2D eigenvalue weighted by Crippen LogP contribution is -2.03. The molecule has 0 amide bonds. The zero-order chi connectivity index (χ0) is 20.9. The molecule has 6 heteroatoms. The van der Waals surface area contributed by atoms with Gasteiger partial charge in [0.2, 0.25) is 5.03 Å². The maximum Gasteiger partial charge on any atom is 0.335 e. The third kappa shape index (κ3) is 4.56. The van der Waals surface area contributed by atoms with Crippen LogP contribution in [0.2, 0.25) is 0 Å². The highest BCUT2D eigenvalue weighted by Gasteiger charge is 2.15. The monoisotopic (exact) mass is 434 g/mol. The standard InChI is InChI=1S/C24H19NO3S2/c1-28-20-11-9-16(10-12-20)21-14-19(15-29-22-4-2-3-13-25-22)23(30-21)17-5-7-18(8-6-17)24(26)27/h2-14H,15H2,1H3,(H,26,27)/p+1. The summed E-state index contributed by atoms with van der Waals surface area (Å²) in [6.07, 6.45) is 1.92. The summed E-state index contributed by atoms with van der Waals surface area (Å²) in [5.74, 6) is 0.723. The van der Waals surface area contributed by atoms with Crippen molar-refractivity contribution >= 4 is 29.1 Å². The molecule has 0 aliphatic heterocycles. The molecule has 150 valence electrons. The lowest BCUT2D eigenvalue weighted by Gasteiger charge is -2.03. The van der Waals surface area contributed by atoms with Crippen molar-refractivity contribution in [3.8, 4) is 26.6 Å². The minimum atomic E-state index is -0.915. The predicted molar refractivity (Wildman–Crippen MR) is 121 cm³/mol. The first-order valence-electron chi connectivity index (χ1n) is 9.34. The van der Waals surface area contributed by atoms with Gasteiger partial charge in [0, 0.05) is 27.6 Å². The summed E-state index contributed by atoms with van der Waals surface area (Å²) in [5, 5.41) is 10.3. The number of benzene rings is 2. The Hall–Kier alpha value is -3.09. The molecule has 0 fully saturated rings. The maximum atomic E-state index is 11.2. The van der Waals surface area contributed by atoms with Gasteiger partial charge in [-0.3, -0.25) is 0 Å². The minimum absolute atomic E-state index is 0.292. The Balaban J connectivity index is 1.69. The van der Waals surface area contributed by atoms with Gasteiger partial charge in [0.05, 0.1) is 12.7 Å². The fraction of sp³-hybridized carbons (Fsp3) is 0.0833. The number of nitrogens with one attached hydrogen (secondary N) is 1. The number of aromatic nitrogens is 1. The first-order chi connectivity index (χ1) is 14.6. The molecule has 4 rings (SSSR count). The molecule has 2 N–H and O–H groups in total. The Morgan fingerprint density at radius 3 is 2.40 bits per heavy atom. The van der Waals surface area contributed by atoms with Crippen molar-refractivity contribution in [2.24, 2.45) is 0 Å². The maximum absolute atomic E-state index is 11.2. The zero-order valence-electron chi connectivity index (χ0n) is 16.3. The molecule has 0 spiro atoms. The van der Waals surface area contributed by atoms with Crippen molar-refractivity contribution in [2.45, 2.75) is 10.8 Å². The molecule has 0 radical (unpaired) electrons. The van der Waals surface area contributed by atoms with Crippen LogP contribution in [0.3, 0.4) is 0 Å². The fourth-order valence-electron chi connectivity index (χ4n) is 3.06. The van der Waals surface area contributed by atoms with Crippen LogP contribution >= 0.6 is 23.1 Å². The molecule has 30 heavy (non-hydrogen) atoms. The van der Waals surface area contributed by atoms with Gasteiger partial charge in [-0.15, -0.1) is 11.3 Å². The summed E-state index contributed by atoms with van der Waals surface area (Å²) in [6, 6.07) is 23.4. The molecule has 2 aromatic heterocycles. The second-order valence-corrected chi connectivity index (χ2v) is 8.66. The number of methoxy groups -OCH3 is 1. The molecule has 4 nitrogen and oxygen atoms in total. The van der Waals surface area contributed by atoms with Crippen LogP contribution in [0.15, 0.2) is 84.0 Å². The van der Waals surface area contributed by atoms with Crippen LogP contribution in [0.4, 0.5) is 0 Å². The molecule has 0 saturated carbocycles. The van der Waals surface area contributed by atoms with Crippen LogP contribution in [-0.2, 0) is 5.75 Å². The molecule has 4 aromatic rings. The molecule has 0 atom stereocenters. The Morgan fingerprint density at radius 2 is 1.77 bits per heavy atom. The van der Waals surface area contributed by atoms with E-state index < -0.39 is 5.97 Å². The second kappa shape index (κ2) is 9.15. The summed E-state index contributed by atoms with van der Waals surface area (Å²) < 4.78 is 5.27. The summed E-state index contributed by atoms with van der Waals surface area (Å²) in [6.45, 7) is 0. The van der Waals surface area contributed by atoms with E-state index in [0.29, 0.717) is 5.56 Å². The van der Waals surface area contributed by atoms with Crippen LogP contribution in [-0.4, -0.2) is 18.2 Å². The average molecular weight is 435 g/mol. The minimum Gasteiger partial charge on any atom is -0.497 e. The second-order valence-electron chi connectivity index (χ2n) is 6.59. The van der Waals surface area contributed by atoms with Gasteiger partial charge in [-0.25, -0.2) is 9.78 Å². The summed E-state index contributed by atoms with van der Waals surface area (Å²) in [7, 11) is 1.66. The van der Waals surface area contributed by atoms with Crippen molar-refractivity contribution < 1.29 is 19.6 Å². The van der Waals surface area contributed by atoms with E-state index in [2.05, 4.69) is 29.2 Å². The molecule has 0 saturated heterocycles. The van der Waals surface area contributed by atoms with Gasteiger partial charge < -0.3 is 9.84 Å². The highest BCUT2D eigenvalue weighted by Crippen LogP contribution is 2.40. The first-order valence-corrected chi connectivity index (χ1v) is 11.1. The Bertz CT molecular complexity index is 1140. The molecule has 2 aromatic carbocycles. The van der Waals surface area contributed by atoms with Crippen LogP contribution in [0.1, 0.15) is 15.9 Å². The number of carbonyl (C=O) groups is 1. The number of ether oxygens (including phenoxy) is 1. The number of hydrogen-bond acceptors (Lipinski definition) is 4. The van der Waals surface area contributed by atoms with Crippen molar-refractivity contribution in [3.63, 3.8) is 0 Å². The quantitative estimate of drug-likeness (QED) is 0.368. The lowest BCUT2D eigenvalue weighted by atomic mass is 10.1. The summed E-state index contributed by atoms with van der Waals surface area (Å²) in [4.78, 5) is 16.8. The Kier molecular flexibility index (Phi) is 6.16. The number of thiophene rings is 1. The van der Waals surface area contributed by atoms with E-state index in [9.17, 15) is 9.90 Å². The number of pyridine rings is 1. The Morgan fingerprint density at radius 1 is 1.03 bits per heavy atom. The van der Waals surface area contributed by atoms with Gasteiger partial charge in [0.1, 0.15) is 5.75 Å². The van der Waals surface area contributed by atoms with Crippen molar-refractivity contribution in [3.05, 3.63) is 90.1 Å². The molecule has 0 aliphatic carbocycles. The lowest BCUT2D eigenvalue weighted by molar-refractivity contribution is -0.426. The van der Waals surface area contributed by atoms with Crippen LogP contribution in [0.5, 0.6) is 5.75 Å². The molecule has 0 unspecified atom stereocenters. The van der Waals surface area contributed by atoms with E-state index in [0.717, 1.165) is 32.5 Å². The number of hydrogen-bond donors (Lipinski definition) is 1. The average Bonchev–Trinajstić information content (AvgIpc) is 3.23. The van der Waals surface area contributed by atoms with Gasteiger partial charge in [-0.05, 0) is 65.2 Å². The van der Waals surface area contributed by atoms with E-state index in [1.54, 1.807) is 42.3 Å². The van der Waals surface area contributed by atoms with Gasteiger partial charge in [-0.2, -0.15) is 0 Å². The summed E-state index contributed by atoms with van der Waals surface area (Å²) in [5.41, 5.74) is 3.67. The molecular weight excluding hydrogens is 414 g/mol. The largest absolute Gasteiger partial charge is 0.497 e. The number of thioether (sulfide) groups is 1.